The Morgan fingerprint density at radius 2 is 1.09 bits per heavy atom. The van der Waals surface area contributed by atoms with E-state index in [4.69, 9.17) is 42.1 Å². The van der Waals surface area contributed by atoms with Gasteiger partial charge in [-0.15, -0.1) is 30.6 Å². The highest BCUT2D eigenvalue weighted by atomic mass is 35.5. The van der Waals surface area contributed by atoms with Crippen molar-refractivity contribution in [2.75, 3.05) is 64.4 Å². The van der Waals surface area contributed by atoms with Gasteiger partial charge in [0, 0.05) is 25.2 Å². The smallest absolute Gasteiger partial charge is 0.222 e. The third-order valence-corrected chi connectivity index (χ3v) is 8.19. The van der Waals surface area contributed by atoms with Crippen LogP contribution in [0.3, 0.4) is 0 Å². The molecule has 14 nitrogen and oxygen atoms in total. The molecule has 0 radical (unpaired) electrons. The topological polar surface area (TPSA) is 130 Å². The zero-order chi connectivity index (χ0) is 31.9. The Balaban J connectivity index is 0.000000147. The van der Waals surface area contributed by atoms with Crippen molar-refractivity contribution in [3.05, 3.63) is 58.8 Å². The molecule has 0 fully saturated rings. The Morgan fingerprint density at radius 3 is 1.65 bits per heavy atom. The molecular formula is C30H28Cl2N10O4. The summed E-state index contributed by atoms with van der Waals surface area (Å²) in [5.74, 6) is 3.94. The first-order valence-corrected chi connectivity index (χ1v) is 15.0. The van der Waals surface area contributed by atoms with Gasteiger partial charge in [0.15, 0.2) is 33.5 Å². The zero-order valence-electron chi connectivity index (χ0n) is 25.3. The predicted octanol–water partition coefficient (Wildman–Crippen LogP) is 4.56. The summed E-state index contributed by atoms with van der Waals surface area (Å²) in [7, 11) is 7.18. The molecule has 0 spiro atoms. The number of anilines is 2. The van der Waals surface area contributed by atoms with E-state index in [1.54, 1.807) is 23.3 Å². The van der Waals surface area contributed by atoms with E-state index < -0.39 is 0 Å². The molecule has 16 heteroatoms. The number of ether oxygens (including phenoxy) is 4. The number of hydrogen-bond donors (Lipinski definition) is 0. The molecule has 46 heavy (non-hydrogen) atoms. The molecule has 0 saturated heterocycles. The van der Waals surface area contributed by atoms with Gasteiger partial charge in [0.05, 0.1) is 27.3 Å². The van der Waals surface area contributed by atoms with Crippen LogP contribution in [-0.2, 0) is 0 Å². The number of rotatable bonds is 4. The van der Waals surface area contributed by atoms with Crippen LogP contribution in [0, 0.1) is 0 Å². The van der Waals surface area contributed by atoms with Crippen molar-refractivity contribution in [3.8, 4) is 45.8 Å². The van der Waals surface area contributed by atoms with Crippen LogP contribution in [0.4, 0.5) is 11.4 Å². The van der Waals surface area contributed by atoms with Crippen LogP contribution in [0.25, 0.3) is 34.1 Å². The molecule has 8 rings (SSSR count). The molecule has 0 atom stereocenters. The number of hydrogen-bond acceptors (Lipinski definition) is 12. The number of fused-ring (bicyclic) bond motifs is 6. The molecule has 6 heterocycles. The standard InChI is InChI=1S/2C15H14ClN5O2/c1-20-7-8-23-12-11(20)15-18-17-14(21(15)19-13(12)16)9-3-5-10(22-2)6-4-9;1-20-7-8-23-12-11(20)13(16)19-21-14(17-18-15(12)21)9-3-5-10(22-2)6-4-9/h2*3-6H,7-8H2,1-2H3. The maximum absolute atomic E-state index is 6.35. The lowest BCUT2D eigenvalue weighted by Gasteiger charge is -2.27. The molecule has 0 unspecified atom stereocenters. The minimum Gasteiger partial charge on any atom is -0.497 e. The molecule has 6 aromatic rings. The highest BCUT2D eigenvalue weighted by Crippen LogP contribution is 2.41. The lowest BCUT2D eigenvalue weighted by molar-refractivity contribution is 0.309. The SMILES string of the molecule is COc1ccc(-c2nnc3c4c(c(Cl)nn23)N(C)CCO4)cc1.COc1ccc(-c2nnc3c4c(c(Cl)nn23)OCCN4C)cc1. The monoisotopic (exact) mass is 662 g/mol. The second kappa shape index (κ2) is 12.0. The van der Waals surface area contributed by atoms with Crippen molar-refractivity contribution in [1.29, 1.82) is 0 Å². The number of aromatic nitrogens is 8. The second-order valence-corrected chi connectivity index (χ2v) is 11.2. The molecule has 2 aromatic carbocycles. The van der Waals surface area contributed by atoms with Crippen molar-refractivity contribution in [3.63, 3.8) is 0 Å². The molecule has 2 aliphatic rings. The number of nitrogens with zero attached hydrogens (tertiary/aromatic N) is 10. The Bertz CT molecular complexity index is 2050. The van der Waals surface area contributed by atoms with Crippen LogP contribution in [0.5, 0.6) is 23.0 Å². The Kier molecular flexibility index (Phi) is 7.74. The maximum Gasteiger partial charge on any atom is 0.222 e. The van der Waals surface area contributed by atoms with Crippen LogP contribution in [0.2, 0.25) is 10.3 Å². The Labute approximate surface area is 273 Å². The summed E-state index contributed by atoms with van der Waals surface area (Å²) in [6, 6.07) is 15.1. The van der Waals surface area contributed by atoms with E-state index in [1.165, 1.54) is 0 Å². The van der Waals surface area contributed by atoms with Crippen LogP contribution in [-0.4, -0.2) is 94.2 Å². The molecule has 0 bridgehead atoms. The summed E-state index contributed by atoms with van der Waals surface area (Å²) in [4.78, 5) is 4.06. The quantitative estimate of drug-likeness (QED) is 0.262. The fraction of sp³-hybridized carbons (Fsp3) is 0.267. The van der Waals surface area contributed by atoms with E-state index >= 15 is 0 Å². The summed E-state index contributed by atoms with van der Waals surface area (Å²) in [6.07, 6.45) is 0. The van der Waals surface area contributed by atoms with Gasteiger partial charge in [-0.1, -0.05) is 23.2 Å². The predicted molar refractivity (Wildman–Crippen MR) is 173 cm³/mol. The summed E-state index contributed by atoms with van der Waals surface area (Å²) >= 11 is 12.6. The van der Waals surface area contributed by atoms with Gasteiger partial charge in [-0.25, -0.2) is 0 Å². The number of halogens is 2. The van der Waals surface area contributed by atoms with Crippen molar-refractivity contribution in [2.45, 2.75) is 0 Å². The van der Waals surface area contributed by atoms with Crippen LogP contribution < -0.4 is 28.7 Å². The maximum atomic E-state index is 6.35. The Morgan fingerprint density at radius 1 is 0.609 bits per heavy atom. The third-order valence-electron chi connectivity index (χ3n) is 7.69. The molecule has 0 saturated carbocycles. The van der Waals surface area contributed by atoms with E-state index in [9.17, 15) is 0 Å². The summed E-state index contributed by atoms with van der Waals surface area (Å²) in [6.45, 7) is 2.66. The molecule has 2 aliphatic heterocycles. The van der Waals surface area contributed by atoms with Crippen LogP contribution in [0.1, 0.15) is 0 Å². The van der Waals surface area contributed by atoms with Gasteiger partial charge in [-0.05, 0) is 48.5 Å². The van der Waals surface area contributed by atoms with Crippen molar-refractivity contribution in [1.82, 2.24) is 39.6 Å². The molecular weight excluding hydrogens is 635 g/mol. The minimum atomic E-state index is 0.300. The normalized spacial score (nSPS) is 13.8. The van der Waals surface area contributed by atoms with E-state index in [-0.39, 0.29) is 0 Å². The summed E-state index contributed by atoms with van der Waals surface area (Å²) < 4.78 is 25.0. The van der Waals surface area contributed by atoms with Gasteiger partial charge in [0.1, 0.15) is 36.1 Å². The zero-order valence-corrected chi connectivity index (χ0v) is 26.8. The first-order valence-electron chi connectivity index (χ1n) is 14.2. The molecule has 236 valence electrons. The van der Waals surface area contributed by atoms with Crippen molar-refractivity contribution < 1.29 is 18.9 Å². The van der Waals surface area contributed by atoms with Crippen LogP contribution in [0.15, 0.2) is 48.5 Å². The van der Waals surface area contributed by atoms with Gasteiger partial charge in [0.25, 0.3) is 0 Å². The summed E-state index contributed by atoms with van der Waals surface area (Å²) in [5.41, 5.74) is 4.48. The highest BCUT2D eigenvalue weighted by molar-refractivity contribution is 6.32. The van der Waals surface area contributed by atoms with Gasteiger partial charge in [-0.3, -0.25) is 0 Å². The number of likely N-dealkylation sites (N-methyl/N-ethyl adjacent to an activating group) is 2. The summed E-state index contributed by atoms with van der Waals surface area (Å²) in [5, 5.41) is 26.5. The van der Waals surface area contributed by atoms with Crippen molar-refractivity contribution >= 4 is 45.9 Å². The van der Waals surface area contributed by atoms with Gasteiger partial charge < -0.3 is 28.7 Å². The van der Waals surface area contributed by atoms with E-state index in [1.807, 2.05) is 72.4 Å². The van der Waals surface area contributed by atoms with Crippen LogP contribution >= 0.6 is 23.2 Å². The van der Waals surface area contributed by atoms with E-state index in [0.717, 1.165) is 47.1 Å². The number of methoxy groups -OCH3 is 2. The highest BCUT2D eigenvalue weighted by Gasteiger charge is 2.27. The largest absolute Gasteiger partial charge is 0.497 e. The van der Waals surface area contributed by atoms with E-state index in [2.05, 4.69) is 30.6 Å². The Hall–Kier alpha value is -5.08. The second-order valence-electron chi connectivity index (χ2n) is 10.5. The van der Waals surface area contributed by atoms with Crippen molar-refractivity contribution in [2.24, 2.45) is 0 Å². The van der Waals surface area contributed by atoms with Gasteiger partial charge >= 0.3 is 0 Å². The van der Waals surface area contributed by atoms with E-state index in [0.29, 0.717) is 58.0 Å². The fourth-order valence-electron chi connectivity index (χ4n) is 5.27. The number of benzene rings is 2. The van der Waals surface area contributed by atoms with Gasteiger partial charge in [-0.2, -0.15) is 9.03 Å². The first kappa shape index (κ1) is 29.6. The van der Waals surface area contributed by atoms with Gasteiger partial charge in [0.2, 0.25) is 11.3 Å². The average Bonchev–Trinajstić information content (AvgIpc) is 3.70. The lowest BCUT2D eigenvalue weighted by atomic mass is 10.2. The lowest BCUT2D eigenvalue weighted by Crippen LogP contribution is -2.30. The first-order chi connectivity index (χ1) is 22.4. The molecule has 4 aromatic heterocycles. The fourth-order valence-corrected chi connectivity index (χ4v) is 5.80. The minimum absolute atomic E-state index is 0.300. The molecule has 0 amide bonds. The average molecular weight is 664 g/mol. The third kappa shape index (κ3) is 5.08. The molecule has 0 aliphatic carbocycles. The molecule has 0 N–H and O–H groups in total.